The van der Waals surface area contributed by atoms with Gasteiger partial charge in [-0.05, 0) is 17.7 Å². The molecule has 0 saturated carbocycles. The van der Waals surface area contributed by atoms with E-state index in [1.54, 1.807) is 0 Å². The highest BCUT2D eigenvalue weighted by Crippen LogP contribution is 2.18. The molecule has 2 aromatic rings. The van der Waals surface area contributed by atoms with Crippen LogP contribution in [0.2, 0.25) is 5.02 Å². The Morgan fingerprint density at radius 1 is 0.889 bits per heavy atom. The van der Waals surface area contributed by atoms with Crippen molar-refractivity contribution >= 4 is 17.5 Å². The van der Waals surface area contributed by atoms with E-state index in [2.05, 4.69) is 31.8 Å². The Morgan fingerprint density at radius 3 is 2.33 bits per heavy atom. The summed E-state index contributed by atoms with van der Waals surface area (Å²) in [7, 11) is 0. The van der Waals surface area contributed by atoms with Gasteiger partial charge in [0.2, 0.25) is 5.95 Å². The topological polar surface area (TPSA) is 44.7 Å². The normalized spacial score (nSPS) is 19.4. The summed E-state index contributed by atoms with van der Waals surface area (Å²) in [5.74, 6) is 0.827. The molecule has 0 N–H and O–H groups in total. The number of halogens is 1. The fourth-order valence-electron chi connectivity index (χ4n) is 3.59. The minimum atomic E-state index is 0.751. The van der Waals surface area contributed by atoms with E-state index in [1.807, 2.05) is 24.4 Å². The molecular formula is C20H26ClN5O. The fourth-order valence-corrected chi connectivity index (χ4v) is 3.79. The SMILES string of the molecule is Clc1ccccc1CN1CCN(Cc2ccnc(N3CCOCC3)n2)CC1. The molecule has 7 heteroatoms. The van der Waals surface area contributed by atoms with Crippen LogP contribution in [-0.2, 0) is 17.8 Å². The van der Waals surface area contributed by atoms with Crippen molar-refractivity contribution in [2.24, 2.45) is 0 Å². The molecule has 2 aliphatic rings. The lowest BCUT2D eigenvalue weighted by Gasteiger charge is -2.34. The number of hydrogen-bond donors (Lipinski definition) is 0. The van der Waals surface area contributed by atoms with Gasteiger partial charge in [-0.15, -0.1) is 0 Å². The minimum Gasteiger partial charge on any atom is -0.378 e. The molecule has 0 radical (unpaired) electrons. The number of anilines is 1. The zero-order valence-corrected chi connectivity index (χ0v) is 16.3. The Hall–Kier alpha value is -1.73. The van der Waals surface area contributed by atoms with Gasteiger partial charge in [-0.2, -0.15) is 0 Å². The molecule has 1 aromatic carbocycles. The molecule has 144 valence electrons. The maximum atomic E-state index is 6.30. The van der Waals surface area contributed by atoms with Crippen LogP contribution in [0.5, 0.6) is 0 Å². The van der Waals surface area contributed by atoms with Gasteiger partial charge in [-0.3, -0.25) is 9.80 Å². The smallest absolute Gasteiger partial charge is 0.225 e. The molecule has 3 heterocycles. The maximum absolute atomic E-state index is 6.30. The second-order valence-electron chi connectivity index (χ2n) is 7.09. The Balaban J connectivity index is 1.29. The minimum absolute atomic E-state index is 0.751. The van der Waals surface area contributed by atoms with Gasteiger partial charge in [0, 0.05) is 63.6 Å². The summed E-state index contributed by atoms with van der Waals surface area (Å²) in [6.07, 6.45) is 1.88. The number of morpholine rings is 1. The van der Waals surface area contributed by atoms with Crippen molar-refractivity contribution in [3.8, 4) is 0 Å². The van der Waals surface area contributed by atoms with Crippen molar-refractivity contribution in [1.82, 2.24) is 19.8 Å². The first-order chi connectivity index (χ1) is 13.3. The van der Waals surface area contributed by atoms with Crippen LogP contribution in [0.15, 0.2) is 36.5 Å². The molecule has 2 fully saturated rings. The number of piperazine rings is 1. The highest BCUT2D eigenvalue weighted by Gasteiger charge is 2.19. The summed E-state index contributed by atoms with van der Waals surface area (Å²) in [5, 5.41) is 0.858. The van der Waals surface area contributed by atoms with Gasteiger partial charge in [0.1, 0.15) is 0 Å². The second-order valence-corrected chi connectivity index (χ2v) is 7.50. The first-order valence-electron chi connectivity index (χ1n) is 9.61. The number of benzene rings is 1. The van der Waals surface area contributed by atoms with Crippen LogP contribution < -0.4 is 4.90 Å². The highest BCUT2D eigenvalue weighted by molar-refractivity contribution is 6.31. The van der Waals surface area contributed by atoms with E-state index in [9.17, 15) is 0 Å². The third-order valence-corrected chi connectivity index (χ3v) is 5.57. The number of aromatic nitrogens is 2. The van der Waals surface area contributed by atoms with Crippen LogP contribution >= 0.6 is 11.6 Å². The maximum Gasteiger partial charge on any atom is 0.225 e. The number of rotatable bonds is 5. The zero-order chi connectivity index (χ0) is 18.5. The first-order valence-corrected chi connectivity index (χ1v) is 9.98. The Morgan fingerprint density at radius 2 is 1.59 bits per heavy atom. The monoisotopic (exact) mass is 387 g/mol. The average Bonchev–Trinajstić information content (AvgIpc) is 2.72. The lowest BCUT2D eigenvalue weighted by Crippen LogP contribution is -2.45. The molecule has 2 aliphatic heterocycles. The Bertz CT molecular complexity index is 745. The third kappa shape index (κ3) is 4.96. The van der Waals surface area contributed by atoms with Gasteiger partial charge in [0.25, 0.3) is 0 Å². The molecule has 0 spiro atoms. The second kappa shape index (κ2) is 8.97. The van der Waals surface area contributed by atoms with Crippen LogP contribution in [0.25, 0.3) is 0 Å². The summed E-state index contributed by atoms with van der Waals surface area (Å²) >= 11 is 6.30. The van der Waals surface area contributed by atoms with Crippen LogP contribution in [0, 0.1) is 0 Å². The van der Waals surface area contributed by atoms with Crippen molar-refractivity contribution in [1.29, 1.82) is 0 Å². The predicted octanol–water partition coefficient (Wildman–Crippen LogP) is 2.28. The van der Waals surface area contributed by atoms with Gasteiger partial charge in [-0.25, -0.2) is 9.97 Å². The van der Waals surface area contributed by atoms with Crippen LogP contribution in [0.4, 0.5) is 5.95 Å². The van der Waals surface area contributed by atoms with E-state index in [0.717, 1.165) is 82.2 Å². The number of ether oxygens (including phenoxy) is 1. The van der Waals surface area contributed by atoms with Crippen molar-refractivity contribution in [3.05, 3.63) is 52.8 Å². The van der Waals surface area contributed by atoms with Crippen LogP contribution in [-0.4, -0.2) is 72.3 Å². The van der Waals surface area contributed by atoms with E-state index < -0.39 is 0 Å². The lowest BCUT2D eigenvalue weighted by molar-refractivity contribution is 0.120. The molecule has 0 amide bonds. The standard InChI is InChI=1S/C20H26ClN5O/c21-19-4-2-1-3-17(19)15-24-7-9-25(10-8-24)16-18-5-6-22-20(23-18)26-11-13-27-14-12-26/h1-6H,7-16H2. The molecule has 27 heavy (non-hydrogen) atoms. The Kier molecular flexibility index (Phi) is 6.19. The van der Waals surface area contributed by atoms with Crippen molar-refractivity contribution < 1.29 is 4.74 Å². The van der Waals surface area contributed by atoms with Gasteiger partial charge in [0.05, 0.1) is 18.9 Å². The van der Waals surface area contributed by atoms with Crippen LogP contribution in [0.3, 0.4) is 0 Å². The molecule has 1 aromatic heterocycles. The molecule has 0 atom stereocenters. The Labute approximate surface area is 165 Å². The van der Waals surface area contributed by atoms with Gasteiger partial charge < -0.3 is 9.64 Å². The van der Waals surface area contributed by atoms with E-state index in [1.165, 1.54) is 5.56 Å². The first kappa shape index (κ1) is 18.6. The fraction of sp³-hybridized carbons (Fsp3) is 0.500. The molecule has 0 aliphatic carbocycles. The molecule has 4 rings (SSSR count). The quantitative estimate of drug-likeness (QED) is 0.784. The molecule has 6 nitrogen and oxygen atoms in total. The largest absolute Gasteiger partial charge is 0.378 e. The van der Waals surface area contributed by atoms with E-state index >= 15 is 0 Å². The summed E-state index contributed by atoms with van der Waals surface area (Å²) in [5.41, 5.74) is 2.30. The molecule has 0 unspecified atom stereocenters. The molecule has 0 bridgehead atoms. The van der Waals surface area contributed by atoms with E-state index in [-0.39, 0.29) is 0 Å². The van der Waals surface area contributed by atoms with Gasteiger partial charge in [-0.1, -0.05) is 29.8 Å². The zero-order valence-electron chi connectivity index (χ0n) is 15.6. The number of hydrogen-bond acceptors (Lipinski definition) is 6. The number of nitrogens with zero attached hydrogens (tertiary/aromatic N) is 5. The molecule has 2 saturated heterocycles. The average molecular weight is 388 g/mol. The van der Waals surface area contributed by atoms with E-state index in [0.29, 0.717) is 0 Å². The van der Waals surface area contributed by atoms with Gasteiger partial charge >= 0.3 is 0 Å². The van der Waals surface area contributed by atoms with Crippen molar-refractivity contribution in [3.63, 3.8) is 0 Å². The summed E-state index contributed by atoms with van der Waals surface area (Å²) in [4.78, 5) is 16.4. The summed E-state index contributed by atoms with van der Waals surface area (Å²) < 4.78 is 5.41. The molecular weight excluding hydrogens is 362 g/mol. The van der Waals surface area contributed by atoms with Crippen LogP contribution in [0.1, 0.15) is 11.3 Å². The third-order valence-electron chi connectivity index (χ3n) is 5.20. The van der Waals surface area contributed by atoms with Crippen molar-refractivity contribution in [2.45, 2.75) is 13.1 Å². The highest BCUT2D eigenvalue weighted by atomic mass is 35.5. The van der Waals surface area contributed by atoms with Crippen molar-refractivity contribution in [2.75, 3.05) is 57.4 Å². The lowest BCUT2D eigenvalue weighted by atomic mass is 10.2. The van der Waals surface area contributed by atoms with E-state index in [4.69, 9.17) is 21.3 Å². The van der Waals surface area contributed by atoms with Gasteiger partial charge in [0.15, 0.2) is 0 Å². The summed E-state index contributed by atoms with van der Waals surface area (Å²) in [6.45, 7) is 9.21. The predicted molar refractivity (Wildman–Crippen MR) is 107 cm³/mol. The summed E-state index contributed by atoms with van der Waals surface area (Å²) in [6, 6.07) is 10.1.